The van der Waals surface area contributed by atoms with Gasteiger partial charge in [-0.05, 0) is 31.5 Å². The number of nitriles is 1. The van der Waals surface area contributed by atoms with E-state index in [9.17, 15) is 0 Å². The van der Waals surface area contributed by atoms with Gasteiger partial charge in [0.05, 0.1) is 11.3 Å². The topological polar surface area (TPSA) is 68.6 Å². The van der Waals surface area contributed by atoms with Gasteiger partial charge in [-0.25, -0.2) is 4.98 Å². The minimum absolute atomic E-state index is 0.486. The van der Waals surface area contributed by atoms with Gasteiger partial charge in [-0.1, -0.05) is 0 Å². The highest BCUT2D eigenvalue weighted by Gasteiger charge is 2.25. The Hall–Kier alpha value is -2.35. The summed E-state index contributed by atoms with van der Waals surface area (Å²) in [5.41, 5.74) is 2.63. The number of H-pyrrole nitrogens is 1. The monoisotopic (exact) mass is 253 g/mol. The van der Waals surface area contributed by atoms with Gasteiger partial charge in [0.15, 0.2) is 0 Å². The molecule has 19 heavy (non-hydrogen) atoms. The van der Waals surface area contributed by atoms with E-state index in [1.807, 2.05) is 25.1 Å². The second kappa shape index (κ2) is 4.73. The van der Waals surface area contributed by atoms with Crippen molar-refractivity contribution in [3.8, 4) is 6.07 Å². The summed E-state index contributed by atoms with van der Waals surface area (Å²) in [5.74, 6) is 1.44. The van der Waals surface area contributed by atoms with Crippen molar-refractivity contribution in [2.24, 2.45) is 0 Å². The summed E-state index contributed by atoms with van der Waals surface area (Å²) >= 11 is 0. The lowest BCUT2D eigenvalue weighted by Crippen LogP contribution is -2.20. The lowest BCUT2D eigenvalue weighted by atomic mass is 10.1. The number of aromatic nitrogens is 3. The van der Waals surface area contributed by atoms with Crippen molar-refractivity contribution >= 4 is 5.82 Å². The molecule has 0 saturated carbocycles. The molecule has 0 bridgehead atoms. The summed E-state index contributed by atoms with van der Waals surface area (Å²) in [6, 6.07) is 7.96. The average molecular weight is 253 g/mol. The molecule has 1 aliphatic rings. The Morgan fingerprint density at radius 2 is 2.32 bits per heavy atom. The lowest BCUT2D eigenvalue weighted by Gasteiger charge is -2.17. The molecule has 1 unspecified atom stereocenters. The summed E-state index contributed by atoms with van der Waals surface area (Å²) in [4.78, 5) is 6.78. The number of hydrogen-bond acceptors (Lipinski definition) is 4. The van der Waals surface area contributed by atoms with E-state index in [-0.39, 0.29) is 0 Å². The molecule has 5 heteroatoms. The molecule has 0 aromatic carbocycles. The van der Waals surface area contributed by atoms with Gasteiger partial charge in [-0.2, -0.15) is 10.4 Å². The van der Waals surface area contributed by atoms with E-state index in [1.165, 1.54) is 5.69 Å². The van der Waals surface area contributed by atoms with Gasteiger partial charge in [0, 0.05) is 30.9 Å². The zero-order valence-electron chi connectivity index (χ0n) is 10.8. The van der Waals surface area contributed by atoms with Gasteiger partial charge in [-0.15, -0.1) is 0 Å². The first-order chi connectivity index (χ1) is 9.28. The molecule has 2 aromatic rings. The summed E-state index contributed by atoms with van der Waals surface area (Å²) in [6.07, 6.45) is 2.89. The minimum Gasteiger partial charge on any atom is -0.356 e. The van der Waals surface area contributed by atoms with Crippen molar-refractivity contribution in [2.75, 3.05) is 18.0 Å². The maximum Gasteiger partial charge on any atom is 0.128 e. The first-order valence-electron chi connectivity index (χ1n) is 6.40. The van der Waals surface area contributed by atoms with Gasteiger partial charge in [0.1, 0.15) is 11.9 Å². The molecule has 2 aromatic heterocycles. The molecule has 3 rings (SSSR count). The van der Waals surface area contributed by atoms with Crippen molar-refractivity contribution in [1.29, 1.82) is 5.26 Å². The zero-order chi connectivity index (χ0) is 13.2. The van der Waals surface area contributed by atoms with Crippen molar-refractivity contribution in [2.45, 2.75) is 19.3 Å². The first-order valence-corrected chi connectivity index (χ1v) is 6.40. The van der Waals surface area contributed by atoms with Crippen LogP contribution in [0.15, 0.2) is 24.4 Å². The van der Waals surface area contributed by atoms with Crippen LogP contribution in [-0.2, 0) is 0 Å². The van der Waals surface area contributed by atoms with E-state index in [2.05, 4.69) is 26.2 Å². The summed E-state index contributed by atoms with van der Waals surface area (Å²) < 4.78 is 0. The molecule has 96 valence electrons. The Morgan fingerprint density at radius 3 is 3.00 bits per heavy atom. The highest BCUT2D eigenvalue weighted by Crippen LogP contribution is 2.28. The highest BCUT2D eigenvalue weighted by atomic mass is 15.2. The Labute approximate surface area is 111 Å². The van der Waals surface area contributed by atoms with E-state index >= 15 is 0 Å². The Balaban J connectivity index is 1.78. The van der Waals surface area contributed by atoms with Crippen LogP contribution >= 0.6 is 0 Å². The van der Waals surface area contributed by atoms with E-state index in [0.29, 0.717) is 11.5 Å². The molecule has 3 heterocycles. The number of pyridine rings is 1. The molecule has 0 spiro atoms. The fourth-order valence-corrected chi connectivity index (χ4v) is 2.56. The van der Waals surface area contributed by atoms with Crippen LogP contribution in [0.25, 0.3) is 0 Å². The molecule has 5 nitrogen and oxygen atoms in total. The molecule has 1 fully saturated rings. The van der Waals surface area contributed by atoms with Crippen LogP contribution in [-0.4, -0.2) is 28.3 Å². The predicted molar refractivity (Wildman–Crippen MR) is 71.8 cm³/mol. The smallest absolute Gasteiger partial charge is 0.128 e. The number of aryl methyl sites for hydroxylation is 1. The van der Waals surface area contributed by atoms with Crippen molar-refractivity contribution < 1.29 is 0 Å². The predicted octanol–water partition coefficient (Wildman–Crippen LogP) is 1.98. The molecule has 0 amide bonds. The Bertz CT molecular complexity index is 611. The van der Waals surface area contributed by atoms with Crippen molar-refractivity contribution in [3.63, 3.8) is 0 Å². The zero-order valence-corrected chi connectivity index (χ0v) is 10.8. The van der Waals surface area contributed by atoms with Crippen LogP contribution in [0, 0.1) is 18.3 Å². The number of anilines is 1. The fourth-order valence-electron chi connectivity index (χ4n) is 2.56. The average Bonchev–Trinajstić information content (AvgIpc) is 3.09. The van der Waals surface area contributed by atoms with Gasteiger partial charge >= 0.3 is 0 Å². The molecule has 0 radical (unpaired) electrons. The second-order valence-electron chi connectivity index (χ2n) is 4.86. The molecule has 0 aliphatic carbocycles. The molecular formula is C14H15N5. The summed E-state index contributed by atoms with van der Waals surface area (Å²) in [6.45, 7) is 3.81. The van der Waals surface area contributed by atoms with E-state index in [1.54, 1.807) is 6.20 Å². The Morgan fingerprint density at radius 1 is 1.42 bits per heavy atom. The minimum atomic E-state index is 0.486. The summed E-state index contributed by atoms with van der Waals surface area (Å²) in [7, 11) is 0. The number of hydrogen-bond donors (Lipinski definition) is 1. The van der Waals surface area contributed by atoms with Crippen LogP contribution < -0.4 is 4.90 Å². The third-order valence-corrected chi connectivity index (χ3v) is 3.67. The fraction of sp³-hybridized carbons (Fsp3) is 0.357. The maximum absolute atomic E-state index is 8.93. The van der Waals surface area contributed by atoms with Crippen LogP contribution in [0.1, 0.15) is 29.3 Å². The molecule has 1 saturated heterocycles. The van der Waals surface area contributed by atoms with Crippen LogP contribution in [0.5, 0.6) is 0 Å². The second-order valence-corrected chi connectivity index (χ2v) is 4.86. The van der Waals surface area contributed by atoms with Crippen molar-refractivity contribution in [3.05, 3.63) is 41.3 Å². The maximum atomic E-state index is 8.93. The molecular weight excluding hydrogens is 238 g/mol. The standard InChI is InChI=1S/C14H15N5/c1-10-11(8-15)2-3-14(17-10)19-7-5-12(9-19)13-4-6-16-18-13/h2-4,6,12H,5,7,9H2,1H3,(H,16,18). The first kappa shape index (κ1) is 11.7. The summed E-state index contributed by atoms with van der Waals surface area (Å²) in [5, 5.41) is 16.0. The lowest BCUT2D eigenvalue weighted by molar-refractivity contribution is 0.737. The molecule has 1 N–H and O–H groups in total. The van der Waals surface area contributed by atoms with Crippen LogP contribution in [0.2, 0.25) is 0 Å². The number of nitrogens with one attached hydrogen (secondary N) is 1. The van der Waals surface area contributed by atoms with E-state index in [0.717, 1.165) is 31.0 Å². The largest absolute Gasteiger partial charge is 0.356 e. The van der Waals surface area contributed by atoms with Crippen molar-refractivity contribution in [1.82, 2.24) is 15.2 Å². The SMILES string of the molecule is Cc1nc(N2CCC(c3ccn[nH]3)C2)ccc1C#N. The normalized spacial score (nSPS) is 18.5. The van der Waals surface area contributed by atoms with Gasteiger partial charge in [0.2, 0.25) is 0 Å². The van der Waals surface area contributed by atoms with Gasteiger partial charge in [0.25, 0.3) is 0 Å². The molecule has 1 aliphatic heterocycles. The Kier molecular flexibility index (Phi) is 2.92. The number of rotatable bonds is 2. The van der Waals surface area contributed by atoms with Crippen LogP contribution in [0.3, 0.4) is 0 Å². The molecule has 1 atom stereocenters. The van der Waals surface area contributed by atoms with Crippen LogP contribution in [0.4, 0.5) is 5.82 Å². The highest BCUT2D eigenvalue weighted by molar-refractivity contribution is 5.46. The number of nitrogens with zero attached hydrogens (tertiary/aromatic N) is 4. The quantitative estimate of drug-likeness (QED) is 0.888. The van der Waals surface area contributed by atoms with Gasteiger partial charge < -0.3 is 4.90 Å². The third-order valence-electron chi connectivity index (χ3n) is 3.67. The number of aromatic amines is 1. The van der Waals surface area contributed by atoms with E-state index < -0.39 is 0 Å². The van der Waals surface area contributed by atoms with E-state index in [4.69, 9.17) is 5.26 Å². The third kappa shape index (κ3) is 2.17. The van der Waals surface area contributed by atoms with Gasteiger partial charge in [-0.3, -0.25) is 5.10 Å².